The van der Waals surface area contributed by atoms with E-state index in [0.717, 1.165) is 0 Å². The van der Waals surface area contributed by atoms with E-state index in [0.29, 0.717) is 6.61 Å². The van der Waals surface area contributed by atoms with Crippen LogP contribution >= 0.6 is 0 Å². The van der Waals surface area contributed by atoms with Crippen LogP contribution in [-0.4, -0.2) is 19.8 Å². The molecule has 2 N–H and O–H groups in total. The Morgan fingerprint density at radius 3 is 2.43 bits per heavy atom. The molecule has 0 radical (unpaired) electrons. The van der Waals surface area contributed by atoms with Crippen molar-refractivity contribution in [1.82, 2.24) is 0 Å². The minimum atomic E-state index is 0.00463. The lowest BCUT2D eigenvalue weighted by atomic mass is 10.4. The van der Waals surface area contributed by atoms with E-state index in [1.54, 1.807) is 7.11 Å². The minimum absolute atomic E-state index is 0.00463. The maximum atomic E-state index is 4.78. The molecule has 0 aliphatic heterocycles. The number of nitrogens with two attached hydrogens (primary N) is 1. The Balaban J connectivity index is 2.83. The number of rotatable bonds is 3. The minimum Gasteiger partial charge on any atom is -0.382 e. The summed E-state index contributed by atoms with van der Waals surface area (Å²) < 4.78 is 4.69. The van der Waals surface area contributed by atoms with E-state index < -0.39 is 0 Å². The zero-order valence-electron chi connectivity index (χ0n) is 4.68. The zero-order valence-corrected chi connectivity index (χ0v) is 4.68. The quantitative estimate of drug-likeness (QED) is 0.510. The van der Waals surface area contributed by atoms with Gasteiger partial charge in [-0.25, -0.2) is 5.90 Å². The van der Waals surface area contributed by atoms with Crippen LogP contribution in [0.2, 0.25) is 0 Å². The summed E-state index contributed by atoms with van der Waals surface area (Å²) in [5, 5.41) is 0. The Morgan fingerprint density at radius 1 is 1.71 bits per heavy atom. The van der Waals surface area contributed by atoms with Crippen LogP contribution in [0.15, 0.2) is 0 Å². The van der Waals surface area contributed by atoms with Crippen LogP contribution in [0.1, 0.15) is 6.92 Å². The maximum absolute atomic E-state index is 4.78. The molecule has 0 rings (SSSR count). The first-order valence-corrected chi connectivity index (χ1v) is 2.15. The Kier molecular flexibility index (Phi) is 3.98. The van der Waals surface area contributed by atoms with Gasteiger partial charge in [0.15, 0.2) is 0 Å². The molecule has 0 aromatic carbocycles. The molecule has 1 atom stereocenters. The summed E-state index contributed by atoms with van der Waals surface area (Å²) in [5.41, 5.74) is 0. The van der Waals surface area contributed by atoms with Gasteiger partial charge in [0, 0.05) is 7.11 Å². The molecule has 0 heterocycles. The van der Waals surface area contributed by atoms with Crippen molar-refractivity contribution in [3.05, 3.63) is 0 Å². The third kappa shape index (κ3) is 3.72. The molecule has 0 aromatic rings. The van der Waals surface area contributed by atoms with Gasteiger partial charge in [0.2, 0.25) is 0 Å². The van der Waals surface area contributed by atoms with Gasteiger partial charge in [0.05, 0.1) is 12.7 Å². The van der Waals surface area contributed by atoms with Gasteiger partial charge in [0.1, 0.15) is 0 Å². The van der Waals surface area contributed by atoms with E-state index in [2.05, 4.69) is 9.57 Å². The lowest BCUT2D eigenvalue weighted by molar-refractivity contribution is 0.00838. The van der Waals surface area contributed by atoms with Crippen molar-refractivity contribution in [3.63, 3.8) is 0 Å². The molecule has 0 aromatic heterocycles. The molecule has 3 heteroatoms. The smallest absolute Gasteiger partial charge is 0.0992 e. The Hall–Kier alpha value is -0.120. The molecular weight excluding hydrogens is 94.0 g/mol. The summed E-state index contributed by atoms with van der Waals surface area (Å²) in [5.74, 6) is 4.78. The standard InChI is InChI=1S/C4H11NO2/c1-4(7-5)3-6-2/h4H,3,5H2,1-2H3. The summed E-state index contributed by atoms with van der Waals surface area (Å²) in [4.78, 5) is 4.37. The first kappa shape index (κ1) is 6.88. The van der Waals surface area contributed by atoms with E-state index in [4.69, 9.17) is 5.90 Å². The number of ether oxygens (including phenoxy) is 1. The van der Waals surface area contributed by atoms with Crippen molar-refractivity contribution in [2.24, 2.45) is 5.90 Å². The van der Waals surface area contributed by atoms with Crippen LogP contribution in [0.25, 0.3) is 0 Å². The molecule has 0 spiro atoms. The second kappa shape index (κ2) is 4.05. The van der Waals surface area contributed by atoms with Gasteiger partial charge < -0.3 is 4.74 Å². The molecular formula is C4H11NO2. The predicted octanol–water partition coefficient (Wildman–Crippen LogP) is -0.0884. The van der Waals surface area contributed by atoms with E-state index in [9.17, 15) is 0 Å². The zero-order chi connectivity index (χ0) is 5.70. The second-order valence-electron chi connectivity index (χ2n) is 1.40. The van der Waals surface area contributed by atoms with E-state index >= 15 is 0 Å². The SMILES string of the molecule is COCC(C)ON. The molecule has 3 nitrogen and oxygen atoms in total. The molecule has 0 amide bonds. The monoisotopic (exact) mass is 105 g/mol. The molecule has 44 valence electrons. The number of hydrogen-bond acceptors (Lipinski definition) is 3. The third-order valence-corrected chi connectivity index (χ3v) is 0.634. The average molecular weight is 105 g/mol. The Bertz CT molecular complexity index is 40.7. The fraction of sp³-hybridized carbons (Fsp3) is 1.00. The van der Waals surface area contributed by atoms with Crippen molar-refractivity contribution in [2.45, 2.75) is 13.0 Å². The lowest BCUT2D eigenvalue weighted by Gasteiger charge is -2.04. The van der Waals surface area contributed by atoms with Crippen LogP contribution in [0.4, 0.5) is 0 Å². The highest BCUT2D eigenvalue weighted by atomic mass is 16.6. The number of methoxy groups -OCH3 is 1. The summed E-state index contributed by atoms with van der Waals surface area (Å²) in [7, 11) is 1.61. The maximum Gasteiger partial charge on any atom is 0.0992 e. The molecule has 0 saturated heterocycles. The molecule has 1 unspecified atom stereocenters. The van der Waals surface area contributed by atoms with Crippen molar-refractivity contribution < 1.29 is 9.57 Å². The third-order valence-electron chi connectivity index (χ3n) is 0.634. The normalized spacial score (nSPS) is 14.1. The number of hydrogen-bond donors (Lipinski definition) is 1. The molecule has 0 aliphatic rings. The van der Waals surface area contributed by atoms with E-state index in [1.165, 1.54) is 0 Å². The highest BCUT2D eigenvalue weighted by molar-refractivity contribution is 4.40. The Labute approximate surface area is 43.4 Å². The van der Waals surface area contributed by atoms with Crippen molar-refractivity contribution in [3.8, 4) is 0 Å². The summed E-state index contributed by atoms with van der Waals surface area (Å²) >= 11 is 0. The highest BCUT2D eigenvalue weighted by Gasteiger charge is 1.94. The first-order valence-electron chi connectivity index (χ1n) is 2.15. The van der Waals surface area contributed by atoms with Gasteiger partial charge >= 0.3 is 0 Å². The molecule has 0 saturated carbocycles. The van der Waals surface area contributed by atoms with Gasteiger partial charge in [-0.3, -0.25) is 4.84 Å². The van der Waals surface area contributed by atoms with Gasteiger partial charge in [-0.2, -0.15) is 0 Å². The molecule has 7 heavy (non-hydrogen) atoms. The van der Waals surface area contributed by atoms with Gasteiger partial charge in [-0.15, -0.1) is 0 Å². The van der Waals surface area contributed by atoms with Gasteiger partial charge in [0.25, 0.3) is 0 Å². The summed E-state index contributed by atoms with van der Waals surface area (Å²) in [6.45, 7) is 2.39. The van der Waals surface area contributed by atoms with Crippen molar-refractivity contribution >= 4 is 0 Å². The van der Waals surface area contributed by atoms with E-state index in [1.807, 2.05) is 6.92 Å². The fourth-order valence-electron chi connectivity index (χ4n) is 0.274. The van der Waals surface area contributed by atoms with Crippen LogP contribution in [0.3, 0.4) is 0 Å². The first-order chi connectivity index (χ1) is 3.31. The van der Waals surface area contributed by atoms with Crippen LogP contribution in [-0.2, 0) is 9.57 Å². The van der Waals surface area contributed by atoms with E-state index in [-0.39, 0.29) is 6.10 Å². The van der Waals surface area contributed by atoms with Crippen LogP contribution < -0.4 is 5.90 Å². The van der Waals surface area contributed by atoms with Gasteiger partial charge in [-0.1, -0.05) is 0 Å². The fourth-order valence-corrected chi connectivity index (χ4v) is 0.274. The highest BCUT2D eigenvalue weighted by Crippen LogP contribution is 1.82. The summed E-state index contributed by atoms with van der Waals surface area (Å²) in [6, 6.07) is 0. The molecule has 0 fully saturated rings. The van der Waals surface area contributed by atoms with Crippen molar-refractivity contribution in [1.29, 1.82) is 0 Å². The Morgan fingerprint density at radius 2 is 2.29 bits per heavy atom. The average Bonchev–Trinajstić information content (AvgIpc) is 1.68. The molecule has 0 bridgehead atoms. The largest absolute Gasteiger partial charge is 0.382 e. The predicted molar refractivity (Wildman–Crippen MR) is 26.6 cm³/mol. The van der Waals surface area contributed by atoms with Crippen LogP contribution in [0.5, 0.6) is 0 Å². The lowest BCUT2D eigenvalue weighted by Crippen LogP contribution is -2.18. The van der Waals surface area contributed by atoms with Crippen LogP contribution in [0, 0.1) is 0 Å². The second-order valence-corrected chi connectivity index (χ2v) is 1.40. The van der Waals surface area contributed by atoms with Gasteiger partial charge in [-0.05, 0) is 6.92 Å². The molecule has 0 aliphatic carbocycles. The van der Waals surface area contributed by atoms with Crippen molar-refractivity contribution in [2.75, 3.05) is 13.7 Å². The topological polar surface area (TPSA) is 44.5 Å². The summed E-state index contributed by atoms with van der Waals surface area (Å²) in [6.07, 6.45) is 0.00463.